The molecule has 3 nitrogen and oxygen atoms in total. The maximum Gasteiger partial charge on any atom is 0.127 e. The van der Waals surface area contributed by atoms with E-state index >= 15 is 0 Å². The summed E-state index contributed by atoms with van der Waals surface area (Å²) in [6.07, 6.45) is 0. The van der Waals surface area contributed by atoms with E-state index in [1.165, 1.54) is 5.56 Å². The third-order valence-corrected chi connectivity index (χ3v) is 3.77. The predicted molar refractivity (Wildman–Crippen MR) is 86.1 cm³/mol. The number of methoxy groups -OCH3 is 1. The zero-order valence-corrected chi connectivity index (χ0v) is 13.1. The summed E-state index contributed by atoms with van der Waals surface area (Å²) in [5.74, 6) is 1.71. The first kappa shape index (κ1) is 15.4. The Morgan fingerprint density at radius 1 is 1.14 bits per heavy atom. The van der Waals surface area contributed by atoms with Gasteiger partial charge in [-0.3, -0.25) is 0 Å². The van der Waals surface area contributed by atoms with E-state index in [0.717, 1.165) is 28.2 Å². The Balaban J connectivity index is 2.42. The highest BCUT2D eigenvalue weighted by molar-refractivity contribution is 5.50. The molecule has 0 aliphatic carbocycles. The summed E-state index contributed by atoms with van der Waals surface area (Å²) < 4.78 is 11.1. The van der Waals surface area contributed by atoms with Gasteiger partial charge in [0, 0.05) is 5.56 Å². The average Bonchev–Trinajstić information content (AvgIpc) is 2.50. The second-order valence-corrected chi connectivity index (χ2v) is 5.11. The Hall–Kier alpha value is -2.00. The van der Waals surface area contributed by atoms with Gasteiger partial charge in [-0.1, -0.05) is 24.3 Å². The van der Waals surface area contributed by atoms with Gasteiger partial charge in [-0.25, -0.2) is 0 Å². The molecule has 2 aromatic rings. The first-order chi connectivity index (χ1) is 10.1. The third-order valence-electron chi connectivity index (χ3n) is 3.77. The second kappa shape index (κ2) is 6.64. The molecule has 1 atom stereocenters. The van der Waals surface area contributed by atoms with E-state index in [2.05, 4.69) is 19.9 Å². The van der Waals surface area contributed by atoms with Gasteiger partial charge in [0.15, 0.2) is 0 Å². The molecule has 0 heterocycles. The molecule has 0 aromatic heterocycles. The molecule has 0 saturated heterocycles. The van der Waals surface area contributed by atoms with E-state index in [1.807, 2.05) is 37.3 Å². The zero-order chi connectivity index (χ0) is 15.4. The summed E-state index contributed by atoms with van der Waals surface area (Å²) in [4.78, 5) is 0. The normalized spacial score (nSPS) is 12.0. The topological polar surface area (TPSA) is 44.5 Å². The quantitative estimate of drug-likeness (QED) is 0.909. The van der Waals surface area contributed by atoms with Crippen LogP contribution >= 0.6 is 0 Å². The van der Waals surface area contributed by atoms with Crippen LogP contribution in [0.25, 0.3) is 0 Å². The molecular weight excluding hydrogens is 262 g/mol. The molecule has 0 bridgehead atoms. The minimum Gasteiger partial charge on any atom is -0.496 e. The van der Waals surface area contributed by atoms with Gasteiger partial charge in [-0.2, -0.15) is 0 Å². The minimum atomic E-state index is -0.236. The van der Waals surface area contributed by atoms with E-state index in [1.54, 1.807) is 7.11 Å². The molecule has 0 saturated carbocycles. The van der Waals surface area contributed by atoms with Crippen molar-refractivity contribution >= 4 is 0 Å². The van der Waals surface area contributed by atoms with Crippen molar-refractivity contribution in [2.24, 2.45) is 5.73 Å². The van der Waals surface area contributed by atoms with Crippen molar-refractivity contribution in [3.05, 3.63) is 58.7 Å². The lowest BCUT2D eigenvalue weighted by atomic mass is 9.95. The third kappa shape index (κ3) is 3.19. The zero-order valence-electron chi connectivity index (χ0n) is 13.1. The summed E-state index contributed by atoms with van der Waals surface area (Å²) in [6.45, 7) is 6.74. The lowest BCUT2D eigenvalue weighted by Crippen LogP contribution is -2.14. The molecule has 21 heavy (non-hydrogen) atoms. The number of ether oxygens (including phenoxy) is 2. The minimum absolute atomic E-state index is 0.236. The van der Waals surface area contributed by atoms with Gasteiger partial charge in [0.1, 0.15) is 11.5 Å². The van der Waals surface area contributed by atoms with Crippen molar-refractivity contribution in [2.45, 2.75) is 26.8 Å². The summed E-state index contributed by atoms with van der Waals surface area (Å²) in [5.41, 5.74) is 10.8. The van der Waals surface area contributed by atoms with Crippen LogP contribution in [0.2, 0.25) is 0 Å². The fourth-order valence-electron chi connectivity index (χ4n) is 2.47. The predicted octanol–water partition coefficient (Wildman–Crippen LogP) is 3.76. The van der Waals surface area contributed by atoms with Crippen LogP contribution < -0.4 is 15.2 Å². The van der Waals surface area contributed by atoms with Crippen LogP contribution in [0.1, 0.15) is 35.2 Å². The van der Waals surface area contributed by atoms with Gasteiger partial charge in [0.2, 0.25) is 0 Å². The number of aryl methyl sites for hydroxylation is 1. The van der Waals surface area contributed by atoms with Crippen LogP contribution in [0.15, 0.2) is 36.4 Å². The summed E-state index contributed by atoms with van der Waals surface area (Å²) in [6, 6.07) is 11.8. The molecule has 0 radical (unpaired) electrons. The average molecular weight is 285 g/mol. The molecule has 2 N–H and O–H groups in total. The Morgan fingerprint density at radius 3 is 2.57 bits per heavy atom. The molecule has 0 spiro atoms. The lowest BCUT2D eigenvalue weighted by Gasteiger charge is -2.19. The maximum atomic E-state index is 6.44. The fourth-order valence-corrected chi connectivity index (χ4v) is 2.47. The largest absolute Gasteiger partial charge is 0.496 e. The lowest BCUT2D eigenvalue weighted by molar-refractivity contribution is 0.339. The van der Waals surface area contributed by atoms with E-state index in [9.17, 15) is 0 Å². The molecule has 0 amide bonds. The van der Waals surface area contributed by atoms with E-state index in [0.29, 0.717) is 6.61 Å². The SMILES string of the molecule is CCOc1cccc(C(N)c2ccc(C)c(C)c2OC)c1. The Labute approximate surface area is 126 Å². The highest BCUT2D eigenvalue weighted by atomic mass is 16.5. The van der Waals surface area contributed by atoms with E-state index < -0.39 is 0 Å². The highest BCUT2D eigenvalue weighted by Gasteiger charge is 2.17. The molecule has 0 aliphatic heterocycles. The number of nitrogens with two attached hydrogens (primary N) is 1. The molecule has 2 rings (SSSR count). The van der Waals surface area contributed by atoms with Crippen molar-refractivity contribution in [3.63, 3.8) is 0 Å². The van der Waals surface area contributed by atoms with Crippen molar-refractivity contribution in [3.8, 4) is 11.5 Å². The molecule has 0 fully saturated rings. The van der Waals surface area contributed by atoms with Crippen LogP contribution in [-0.2, 0) is 0 Å². The molecule has 2 aromatic carbocycles. The first-order valence-electron chi connectivity index (χ1n) is 7.21. The number of benzene rings is 2. The van der Waals surface area contributed by atoms with E-state index in [-0.39, 0.29) is 6.04 Å². The molecular formula is C18H23NO2. The van der Waals surface area contributed by atoms with Gasteiger partial charge >= 0.3 is 0 Å². The van der Waals surface area contributed by atoms with E-state index in [4.69, 9.17) is 15.2 Å². The molecule has 0 aliphatic rings. The van der Waals surface area contributed by atoms with Crippen LogP contribution in [-0.4, -0.2) is 13.7 Å². The van der Waals surface area contributed by atoms with Gasteiger partial charge in [-0.05, 0) is 49.6 Å². The maximum absolute atomic E-state index is 6.44. The van der Waals surface area contributed by atoms with Gasteiger partial charge < -0.3 is 15.2 Å². The van der Waals surface area contributed by atoms with Crippen molar-refractivity contribution < 1.29 is 9.47 Å². The van der Waals surface area contributed by atoms with Gasteiger partial charge in [0.25, 0.3) is 0 Å². The molecule has 1 unspecified atom stereocenters. The van der Waals surface area contributed by atoms with Crippen LogP contribution in [0.4, 0.5) is 0 Å². The smallest absolute Gasteiger partial charge is 0.127 e. The van der Waals surface area contributed by atoms with Crippen molar-refractivity contribution in [2.75, 3.05) is 13.7 Å². The summed E-state index contributed by atoms with van der Waals surface area (Å²) in [7, 11) is 1.69. The number of rotatable bonds is 5. The number of hydrogen-bond acceptors (Lipinski definition) is 3. The Kier molecular flexibility index (Phi) is 4.86. The Bertz CT molecular complexity index is 623. The van der Waals surface area contributed by atoms with Crippen LogP contribution in [0.3, 0.4) is 0 Å². The fraction of sp³-hybridized carbons (Fsp3) is 0.333. The highest BCUT2D eigenvalue weighted by Crippen LogP contribution is 2.33. The van der Waals surface area contributed by atoms with Crippen molar-refractivity contribution in [1.82, 2.24) is 0 Å². The molecule has 3 heteroatoms. The number of hydrogen-bond donors (Lipinski definition) is 1. The Morgan fingerprint density at radius 2 is 1.90 bits per heavy atom. The first-order valence-corrected chi connectivity index (χ1v) is 7.21. The molecule has 112 valence electrons. The van der Waals surface area contributed by atoms with Crippen LogP contribution in [0, 0.1) is 13.8 Å². The van der Waals surface area contributed by atoms with Gasteiger partial charge in [-0.15, -0.1) is 0 Å². The van der Waals surface area contributed by atoms with Gasteiger partial charge in [0.05, 0.1) is 19.8 Å². The summed E-state index contributed by atoms with van der Waals surface area (Å²) >= 11 is 0. The van der Waals surface area contributed by atoms with Crippen molar-refractivity contribution in [1.29, 1.82) is 0 Å². The van der Waals surface area contributed by atoms with Crippen LogP contribution in [0.5, 0.6) is 11.5 Å². The monoisotopic (exact) mass is 285 g/mol. The second-order valence-electron chi connectivity index (χ2n) is 5.11. The standard InChI is InChI=1S/C18H23NO2/c1-5-21-15-8-6-7-14(11-15)17(19)16-10-9-12(2)13(3)18(16)20-4/h6-11,17H,5,19H2,1-4H3. The summed E-state index contributed by atoms with van der Waals surface area (Å²) in [5, 5.41) is 0.